The predicted molar refractivity (Wildman–Crippen MR) is 95.9 cm³/mol. The molecule has 2 atom stereocenters. The van der Waals surface area contributed by atoms with Crippen LogP contribution < -0.4 is 5.32 Å². The Balaban J connectivity index is 1.57. The summed E-state index contributed by atoms with van der Waals surface area (Å²) in [6.07, 6.45) is 1.63. The molecule has 1 aliphatic carbocycles. The van der Waals surface area contributed by atoms with Crippen LogP contribution in [0.15, 0.2) is 54.6 Å². The molecule has 0 saturated heterocycles. The fraction of sp³-hybridized carbons (Fsp3) is 0.333. The maximum absolute atomic E-state index is 12.4. The number of hydrogen-bond donors (Lipinski definition) is 2. The Bertz CT molecular complexity index is 774. The summed E-state index contributed by atoms with van der Waals surface area (Å²) in [7, 11) is 0. The van der Waals surface area contributed by atoms with E-state index >= 15 is 0 Å². The van der Waals surface area contributed by atoms with E-state index in [2.05, 4.69) is 11.4 Å². The Labute approximate surface area is 148 Å². The molecular weight excluding hydrogens is 312 g/mol. The molecule has 4 nitrogen and oxygen atoms in total. The molecule has 2 aromatic rings. The Hall–Kier alpha value is -2.64. The van der Waals surface area contributed by atoms with Crippen LogP contribution in [-0.2, 0) is 5.41 Å². The van der Waals surface area contributed by atoms with Crippen LogP contribution in [0.2, 0.25) is 0 Å². The molecule has 3 rings (SSSR count). The SMILES string of the molecule is CC(CC(O)c1ccccc1)NC(=O)c1ccc(C2(C#N)CC2)cc1. The highest BCUT2D eigenvalue weighted by Crippen LogP contribution is 2.47. The molecule has 0 radical (unpaired) electrons. The third kappa shape index (κ3) is 3.89. The minimum Gasteiger partial charge on any atom is -0.388 e. The second kappa shape index (κ2) is 7.08. The lowest BCUT2D eigenvalue weighted by molar-refractivity contribution is 0.0917. The van der Waals surface area contributed by atoms with Crippen molar-refractivity contribution in [2.45, 2.75) is 43.7 Å². The first-order valence-electron chi connectivity index (χ1n) is 8.60. The molecule has 0 spiro atoms. The standard InChI is InChI=1S/C21H22N2O2/c1-15(13-19(24)16-5-3-2-4-6-16)23-20(25)17-7-9-18(10-8-17)21(14-22)11-12-21/h2-10,15,19,24H,11-13H2,1H3,(H,23,25). The number of carbonyl (C=O) groups is 1. The number of amides is 1. The van der Waals surface area contributed by atoms with Gasteiger partial charge in [0.05, 0.1) is 17.6 Å². The zero-order valence-corrected chi connectivity index (χ0v) is 14.3. The number of aliphatic hydroxyl groups excluding tert-OH is 1. The molecule has 1 saturated carbocycles. The van der Waals surface area contributed by atoms with Crippen molar-refractivity contribution in [3.8, 4) is 6.07 Å². The van der Waals surface area contributed by atoms with E-state index < -0.39 is 6.10 Å². The predicted octanol–water partition coefficient (Wildman–Crippen LogP) is 3.48. The van der Waals surface area contributed by atoms with Crippen LogP contribution in [0.1, 0.15) is 53.8 Å². The van der Waals surface area contributed by atoms with Gasteiger partial charge in [-0.3, -0.25) is 4.79 Å². The van der Waals surface area contributed by atoms with Crippen LogP contribution in [0.4, 0.5) is 0 Å². The summed E-state index contributed by atoms with van der Waals surface area (Å²) in [6, 6.07) is 18.9. The lowest BCUT2D eigenvalue weighted by Crippen LogP contribution is -2.33. The van der Waals surface area contributed by atoms with Crippen LogP contribution in [0, 0.1) is 11.3 Å². The number of nitrogens with zero attached hydrogens (tertiary/aromatic N) is 1. The average molecular weight is 334 g/mol. The van der Waals surface area contributed by atoms with Gasteiger partial charge in [0.2, 0.25) is 0 Å². The number of nitriles is 1. The number of rotatable bonds is 6. The second-order valence-corrected chi connectivity index (χ2v) is 6.81. The van der Waals surface area contributed by atoms with Crippen LogP contribution in [-0.4, -0.2) is 17.1 Å². The number of benzene rings is 2. The second-order valence-electron chi connectivity index (χ2n) is 6.81. The fourth-order valence-corrected chi connectivity index (χ4v) is 3.04. The van der Waals surface area contributed by atoms with Gasteiger partial charge in [-0.2, -0.15) is 5.26 Å². The van der Waals surface area contributed by atoms with E-state index in [0.717, 1.165) is 24.0 Å². The van der Waals surface area contributed by atoms with Crippen LogP contribution in [0.25, 0.3) is 0 Å². The lowest BCUT2D eigenvalue weighted by atomic mass is 9.96. The molecule has 0 aliphatic heterocycles. The topological polar surface area (TPSA) is 73.1 Å². The average Bonchev–Trinajstić information content (AvgIpc) is 3.43. The van der Waals surface area contributed by atoms with Crippen molar-refractivity contribution in [3.05, 3.63) is 71.3 Å². The van der Waals surface area contributed by atoms with E-state index in [9.17, 15) is 15.2 Å². The number of nitrogens with one attached hydrogen (secondary N) is 1. The molecule has 2 unspecified atom stereocenters. The van der Waals surface area contributed by atoms with Crippen molar-refractivity contribution in [1.29, 1.82) is 5.26 Å². The monoisotopic (exact) mass is 334 g/mol. The van der Waals surface area contributed by atoms with Crippen LogP contribution in [0.3, 0.4) is 0 Å². The summed E-state index contributed by atoms with van der Waals surface area (Å²) in [5.74, 6) is -0.166. The van der Waals surface area contributed by atoms with Crippen molar-refractivity contribution >= 4 is 5.91 Å². The molecule has 2 aromatic carbocycles. The van der Waals surface area contributed by atoms with Gasteiger partial charge < -0.3 is 10.4 Å². The smallest absolute Gasteiger partial charge is 0.251 e. The summed E-state index contributed by atoms with van der Waals surface area (Å²) in [6.45, 7) is 1.88. The van der Waals surface area contributed by atoms with Crippen molar-refractivity contribution in [1.82, 2.24) is 5.32 Å². The minimum atomic E-state index is -0.607. The molecule has 1 amide bonds. The van der Waals surface area contributed by atoms with Gasteiger partial charge in [0, 0.05) is 11.6 Å². The van der Waals surface area contributed by atoms with E-state index in [4.69, 9.17) is 0 Å². The summed E-state index contributed by atoms with van der Waals surface area (Å²) < 4.78 is 0. The molecular formula is C21H22N2O2. The molecule has 0 aromatic heterocycles. The largest absolute Gasteiger partial charge is 0.388 e. The van der Waals surface area contributed by atoms with Crippen LogP contribution in [0.5, 0.6) is 0 Å². The van der Waals surface area contributed by atoms with E-state index in [1.54, 1.807) is 12.1 Å². The molecule has 1 fully saturated rings. The highest BCUT2D eigenvalue weighted by molar-refractivity contribution is 5.94. The van der Waals surface area contributed by atoms with Gasteiger partial charge >= 0.3 is 0 Å². The normalized spacial score (nSPS) is 17.2. The van der Waals surface area contributed by atoms with Gasteiger partial charge in [-0.1, -0.05) is 42.5 Å². The van der Waals surface area contributed by atoms with Gasteiger partial charge in [0.15, 0.2) is 0 Å². The van der Waals surface area contributed by atoms with E-state index in [1.807, 2.05) is 49.4 Å². The van der Waals surface area contributed by atoms with Crippen LogP contribution >= 0.6 is 0 Å². The zero-order valence-electron chi connectivity index (χ0n) is 14.3. The van der Waals surface area contributed by atoms with Crippen molar-refractivity contribution in [3.63, 3.8) is 0 Å². The highest BCUT2D eigenvalue weighted by atomic mass is 16.3. The Kier molecular flexibility index (Phi) is 4.87. The fourth-order valence-electron chi connectivity index (χ4n) is 3.04. The molecule has 1 aliphatic rings. The first-order chi connectivity index (χ1) is 12.0. The number of aliphatic hydroxyl groups is 1. The first-order valence-corrected chi connectivity index (χ1v) is 8.60. The first kappa shape index (κ1) is 17.2. The number of hydrogen-bond acceptors (Lipinski definition) is 3. The molecule has 0 heterocycles. The lowest BCUT2D eigenvalue weighted by Gasteiger charge is -2.18. The zero-order chi connectivity index (χ0) is 17.9. The Morgan fingerprint density at radius 2 is 1.84 bits per heavy atom. The maximum Gasteiger partial charge on any atom is 0.251 e. The Morgan fingerprint density at radius 1 is 1.20 bits per heavy atom. The number of carbonyl (C=O) groups excluding carboxylic acids is 1. The van der Waals surface area contributed by atoms with Gasteiger partial charge in [0.25, 0.3) is 5.91 Å². The summed E-state index contributed by atoms with van der Waals surface area (Å²) in [5.41, 5.74) is 2.07. The minimum absolute atomic E-state index is 0.156. The quantitative estimate of drug-likeness (QED) is 0.849. The third-order valence-electron chi connectivity index (χ3n) is 4.80. The molecule has 4 heteroatoms. The van der Waals surface area contributed by atoms with Gasteiger partial charge in [0.1, 0.15) is 0 Å². The summed E-state index contributed by atoms with van der Waals surface area (Å²) >= 11 is 0. The Morgan fingerprint density at radius 3 is 2.40 bits per heavy atom. The third-order valence-corrected chi connectivity index (χ3v) is 4.80. The van der Waals surface area contributed by atoms with E-state index in [-0.39, 0.29) is 17.4 Å². The molecule has 2 N–H and O–H groups in total. The van der Waals surface area contributed by atoms with Gasteiger partial charge in [-0.15, -0.1) is 0 Å². The maximum atomic E-state index is 12.4. The van der Waals surface area contributed by atoms with E-state index in [0.29, 0.717) is 12.0 Å². The van der Waals surface area contributed by atoms with Gasteiger partial charge in [-0.05, 0) is 49.4 Å². The van der Waals surface area contributed by atoms with Gasteiger partial charge in [-0.25, -0.2) is 0 Å². The van der Waals surface area contributed by atoms with E-state index in [1.165, 1.54) is 0 Å². The summed E-state index contributed by atoms with van der Waals surface area (Å²) in [4.78, 5) is 12.4. The molecule has 0 bridgehead atoms. The highest BCUT2D eigenvalue weighted by Gasteiger charge is 2.44. The molecule has 25 heavy (non-hydrogen) atoms. The summed E-state index contributed by atoms with van der Waals surface area (Å²) in [5, 5.41) is 22.4. The molecule has 128 valence electrons. The van der Waals surface area contributed by atoms with Crippen molar-refractivity contribution in [2.24, 2.45) is 0 Å². The van der Waals surface area contributed by atoms with Crippen molar-refractivity contribution in [2.75, 3.05) is 0 Å². The van der Waals surface area contributed by atoms with Crippen molar-refractivity contribution < 1.29 is 9.90 Å².